The van der Waals surface area contributed by atoms with Crippen molar-refractivity contribution in [2.45, 2.75) is 49.5 Å². The topological polar surface area (TPSA) is 66.5 Å². The fourth-order valence-electron chi connectivity index (χ4n) is 4.57. The van der Waals surface area contributed by atoms with Gasteiger partial charge in [-0.2, -0.15) is 0 Å². The summed E-state index contributed by atoms with van der Waals surface area (Å²) in [5, 5.41) is 0. The molecule has 152 valence electrons. The number of halogens is 1. The molecule has 1 amide bonds. The first kappa shape index (κ1) is 19.3. The minimum atomic E-state index is -3.80. The van der Waals surface area contributed by atoms with Crippen molar-refractivity contribution in [1.29, 1.82) is 0 Å². The number of carbonyl (C=O) groups is 1. The van der Waals surface area contributed by atoms with Gasteiger partial charge in [0.15, 0.2) is 0 Å². The van der Waals surface area contributed by atoms with E-state index in [1.54, 1.807) is 11.0 Å². The number of nitrogens with one attached hydrogen (secondary N) is 1. The highest BCUT2D eigenvalue weighted by atomic mass is 79.9. The molecule has 29 heavy (non-hydrogen) atoms. The van der Waals surface area contributed by atoms with Crippen LogP contribution in [0, 0.1) is 5.92 Å². The van der Waals surface area contributed by atoms with Crippen molar-refractivity contribution in [1.82, 2.24) is 4.72 Å². The molecule has 2 aromatic carbocycles. The van der Waals surface area contributed by atoms with E-state index in [1.165, 1.54) is 5.56 Å². The number of fused-ring (bicyclic) bond motifs is 2. The molecule has 5 rings (SSSR count). The highest BCUT2D eigenvalue weighted by Gasteiger charge is 2.40. The van der Waals surface area contributed by atoms with Crippen LogP contribution < -0.4 is 9.62 Å². The number of anilines is 1. The predicted octanol–water partition coefficient (Wildman–Crippen LogP) is 4.10. The van der Waals surface area contributed by atoms with Crippen LogP contribution in [0.3, 0.4) is 0 Å². The first-order chi connectivity index (χ1) is 13.9. The maximum atomic E-state index is 13.5. The van der Waals surface area contributed by atoms with Crippen LogP contribution >= 0.6 is 15.9 Å². The van der Waals surface area contributed by atoms with Gasteiger partial charge in [0.25, 0.3) is 0 Å². The van der Waals surface area contributed by atoms with Crippen LogP contribution in [-0.4, -0.2) is 20.9 Å². The molecule has 1 saturated carbocycles. The normalized spacial score (nSPS) is 21.0. The third kappa shape index (κ3) is 3.53. The number of hydrogen-bond acceptors (Lipinski definition) is 3. The van der Waals surface area contributed by atoms with Crippen LogP contribution in [0.2, 0.25) is 0 Å². The van der Waals surface area contributed by atoms with Crippen LogP contribution in [0.4, 0.5) is 5.69 Å². The summed E-state index contributed by atoms with van der Waals surface area (Å²) in [6.07, 6.45) is 5.19. The smallest absolute Gasteiger partial charge is 0.243 e. The Labute approximate surface area is 179 Å². The Bertz CT molecular complexity index is 1100. The summed E-state index contributed by atoms with van der Waals surface area (Å²) in [6, 6.07) is 11.4. The minimum absolute atomic E-state index is 0.0540. The number of nitrogens with zero attached hydrogens (tertiary/aromatic N) is 1. The molecule has 7 heteroatoms. The average Bonchev–Trinajstić information content (AvgIpc) is 3.47. The van der Waals surface area contributed by atoms with E-state index in [0.717, 1.165) is 47.7 Å². The van der Waals surface area contributed by atoms with E-state index in [4.69, 9.17) is 0 Å². The van der Waals surface area contributed by atoms with Crippen LogP contribution in [0.25, 0.3) is 0 Å². The van der Waals surface area contributed by atoms with Crippen molar-refractivity contribution in [3.8, 4) is 0 Å². The second kappa shape index (κ2) is 7.22. The second-order valence-electron chi connectivity index (χ2n) is 8.19. The van der Waals surface area contributed by atoms with Gasteiger partial charge in [-0.15, -0.1) is 0 Å². The molecule has 1 aliphatic heterocycles. The van der Waals surface area contributed by atoms with E-state index in [2.05, 4.69) is 26.7 Å². The zero-order valence-corrected chi connectivity index (χ0v) is 18.4. The Kier molecular flexibility index (Phi) is 4.80. The van der Waals surface area contributed by atoms with Gasteiger partial charge in [-0.25, -0.2) is 13.1 Å². The molecule has 0 spiro atoms. The van der Waals surface area contributed by atoms with Crippen molar-refractivity contribution in [3.05, 3.63) is 57.6 Å². The summed E-state index contributed by atoms with van der Waals surface area (Å²) in [5.74, 6) is 0.115. The quantitative estimate of drug-likeness (QED) is 0.724. The molecule has 3 aliphatic rings. The van der Waals surface area contributed by atoms with Gasteiger partial charge >= 0.3 is 0 Å². The van der Waals surface area contributed by atoms with Gasteiger partial charge < -0.3 is 4.90 Å². The Morgan fingerprint density at radius 2 is 1.86 bits per heavy atom. The number of benzene rings is 2. The Hall–Kier alpha value is -1.70. The van der Waals surface area contributed by atoms with Crippen molar-refractivity contribution >= 4 is 37.5 Å². The predicted molar refractivity (Wildman–Crippen MR) is 115 cm³/mol. The van der Waals surface area contributed by atoms with E-state index in [-0.39, 0.29) is 22.8 Å². The molecule has 1 N–H and O–H groups in total. The summed E-state index contributed by atoms with van der Waals surface area (Å²) < 4.78 is 30.7. The fourth-order valence-corrected chi connectivity index (χ4v) is 6.75. The zero-order chi connectivity index (χ0) is 20.2. The van der Waals surface area contributed by atoms with E-state index >= 15 is 0 Å². The van der Waals surface area contributed by atoms with Crippen LogP contribution in [0.15, 0.2) is 45.8 Å². The molecule has 2 aliphatic carbocycles. The van der Waals surface area contributed by atoms with Crippen molar-refractivity contribution in [2.75, 3.05) is 11.4 Å². The van der Waals surface area contributed by atoms with Gasteiger partial charge in [0.2, 0.25) is 15.9 Å². The Morgan fingerprint density at radius 3 is 2.66 bits per heavy atom. The molecule has 0 aromatic heterocycles. The number of rotatable bonds is 4. The summed E-state index contributed by atoms with van der Waals surface area (Å²) in [6.45, 7) is 0.551. The monoisotopic (exact) mass is 474 g/mol. The first-order valence-corrected chi connectivity index (χ1v) is 12.5. The lowest BCUT2D eigenvalue weighted by Gasteiger charge is -2.27. The van der Waals surface area contributed by atoms with E-state index in [1.807, 2.05) is 24.3 Å². The average molecular weight is 475 g/mol. The minimum Gasteiger partial charge on any atom is -0.310 e. The fraction of sp³-hybridized carbons (Fsp3) is 0.409. The summed E-state index contributed by atoms with van der Waals surface area (Å²) in [5.41, 5.74) is 3.75. The summed E-state index contributed by atoms with van der Waals surface area (Å²) >= 11 is 3.46. The largest absolute Gasteiger partial charge is 0.310 e. The molecule has 0 saturated heterocycles. The molecular formula is C22H23BrN2O3S. The maximum Gasteiger partial charge on any atom is 0.243 e. The van der Waals surface area contributed by atoms with Crippen LogP contribution in [-0.2, 0) is 27.7 Å². The van der Waals surface area contributed by atoms with Crippen molar-refractivity contribution in [3.63, 3.8) is 0 Å². The van der Waals surface area contributed by atoms with E-state index < -0.39 is 10.0 Å². The lowest BCUT2D eigenvalue weighted by Crippen LogP contribution is -2.34. The van der Waals surface area contributed by atoms with E-state index in [9.17, 15) is 13.2 Å². The highest BCUT2D eigenvalue weighted by Crippen LogP contribution is 2.42. The SMILES string of the molecule is O=C(C1CC1)N1CCc2cc(Br)cc(S(=O)(=O)NC3CCCc4ccccc43)c21. The number of aryl methyl sites for hydroxylation is 1. The van der Waals surface area contributed by atoms with Gasteiger partial charge in [-0.05, 0) is 67.3 Å². The second-order valence-corrected chi connectivity index (χ2v) is 10.8. The van der Waals surface area contributed by atoms with Gasteiger partial charge in [-0.1, -0.05) is 40.2 Å². The molecule has 0 bridgehead atoms. The first-order valence-electron chi connectivity index (χ1n) is 10.2. The number of carbonyl (C=O) groups excluding carboxylic acids is 1. The van der Waals surface area contributed by atoms with Gasteiger partial charge in [-0.3, -0.25) is 4.79 Å². The standard InChI is InChI=1S/C22H23BrN2O3S/c23-17-12-16-10-11-25(22(26)15-8-9-15)21(16)20(13-17)29(27,28)24-19-7-3-5-14-4-1-2-6-18(14)19/h1-2,4,6,12-13,15,19,24H,3,5,7-11H2. The molecule has 1 fully saturated rings. The Morgan fingerprint density at radius 1 is 1.07 bits per heavy atom. The Balaban J connectivity index is 1.53. The lowest BCUT2D eigenvalue weighted by molar-refractivity contribution is -0.119. The number of amides is 1. The summed E-state index contributed by atoms with van der Waals surface area (Å²) in [4.78, 5) is 14.7. The molecule has 1 unspecified atom stereocenters. The third-order valence-electron chi connectivity index (χ3n) is 6.14. The molecule has 0 radical (unpaired) electrons. The van der Waals surface area contributed by atoms with Crippen molar-refractivity contribution < 1.29 is 13.2 Å². The molecule has 2 aromatic rings. The van der Waals surface area contributed by atoms with E-state index in [0.29, 0.717) is 18.7 Å². The van der Waals surface area contributed by atoms with Gasteiger partial charge in [0, 0.05) is 23.0 Å². The maximum absolute atomic E-state index is 13.5. The summed E-state index contributed by atoms with van der Waals surface area (Å²) in [7, 11) is -3.80. The van der Waals surface area contributed by atoms with Crippen LogP contribution in [0.1, 0.15) is 48.4 Å². The molecule has 1 heterocycles. The lowest BCUT2D eigenvalue weighted by atomic mass is 9.88. The molecular weight excluding hydrogens is 452 g/mol. The van der Waals surface area contributed by atoms with Crippen LogP contribution in [0.5, 0.6) is 0 Å². The molecule has 5 nitrogen and oxygen atoms in total. The highest BCUT2D eigenvalue weighted by molar-refractivity contribution is 9.10. The van der Waals surface area contributed by atoms with Crippen molar-refractivity contribution in [2.24, 2.45) is 5.92 Å². The number of hydrogen-bond donors (Lipinski definition) is 1. The van der Waals surface area contributed by atoms with Gasteiger partial charge in [0.05, 0.1) is 5.69 Å². The number of sulfonamides is 1. The molecule has 1 atom stereocenters. The zero-order valence-electron chi connectivity index (χ0n) is 16.0. The van der Waals surface area contributed by atoms with Gasteiger partial charge in [0.1, 0.15) is 4.90 Å². The third-order valence-corrected chi connectivity index (χ3v) is 8.09.